The molecule has 0 saturated carbocycles. The zero-order valence-electron chi connectivity index (χ0n) is 5.72. The van der Waals surface area contributed by atoms with Crippen molar-refractivity contribution in [2.45, 2.75) is 23.9 Å². The Labute approximate surface area is 65.1 Å². The highest BCUT2D eigenvalue weighted by Crippen LogP contribution is 2.24. The van der Waals surface area contributed by atoms with Crippen molar-refractivity contribution in [3.63, 3.8) is 0 Å². The van der Waals surface area contributed by atoms with Crippen molar-refractivity contribution in [2.75, 3.05) is 13.2 Å². The lowest BCUT2D eigenvalue weighted by molar-refractivity contribution is -0.0643. The van der Waals surface area contributed by atoms with Crippen LogP contribution in [0, 0.1) is 0 Å². The molecule has 10 heavy (non-hydrogen) atoms. The summed E-state index contributed by atoms with van der Waals surface area (Å²) in [5.41, 5.74) is 3.79. The molecule has 1 rings (SSSR count). The highest BCUT2D eigenvalue weighted by molar-refractivity contribution is 6.20. The van der Waals surface area contributed by atoms with Gasteiger partial charge in [0.25, 0.3) is 0 Å². The van der Waals surface area contributed by atoms with Gasteiger partial charge in [-0.1, -0.05) is 0 Å². The Bertz CT molecular complexity index is 112. The summed E-state index contributed by atoms with van der Waals surface area (Å²) < 4.78 is 5.04. The van der Waals surface area contributed by atoms with E-state index in [4.69, 9.17) is 22.1 Å². The molecular formula is C6H12ClNO2. The monoisotopic (exact) mass is 165 g/mol. The van der Waals surface area contributed by atoms with E-state index in [1.54, 1.807) is 0 Å². The van der Waals surface area contributed by atoms with E-state index in [0.717, 1.165) is 0 Å². The van der Waals surface area contributed by atoms with Crippen LogP contribution in [0.3, 0.4) is 0 Å². The van der Waals surface area contributed by atoms with Gasteiger partial charge in [-0.2, -0.15) is 0 Å². The van der Waals surface area contributed by atoms with Crippen molar-refractivity contribution < 1.29 is 9.84 Å². The average molecular weight is 166 g/mol. The molecule has 0 aliphatic carbocycles. The Balaban J connectivity index is 2.48. The van der Waals surface area contributed by atoms with E-state index in [1.807, 2.05) is 0 Å². The number of nitrogens with two attached hydrogens (primary N) is 1. The third kappa shape index (κ3) is 1.61. The summed E-state index contributed by atoms with van der Waals surface area (Å²) in [6.07, 6.45) is 1.08. The van der Waals surface area contributed by atoms with Crippen LogP contribution in [-0.2, 0) is 4.74 Å². The van der Waals surface area contributed by atoms with Gasteiger partial charge in [-0.25, -0.2) is 0 Å². The summed E-state index contributed by atoms with van der Waals surface area (Å²) in [5, 5.41) is 9.61. The Morgan fingerprint density at radius 1 is 1.50 bits per heavy atom. The number of hydrogen-bond donors (Lipinski definition) is 2. The molecule has 60 valence electrons. The first-order valence-corrected chi connectivity index (χ1v) is 3.78. The molecule has 0 spiro atoms. The molecule has 1 fully saturated rings. The molecule has 1 saturated heterocycles. The lowest BCUT2D eigenvalue weighted by atomic mass is 9.94. The van der Waals surface area contributed by atoms with E-state index in [9.17, 15) is 5.11 Å². The van der Waals surface area contributed by atoms with Gasteiger partial charge in [0.1, 0.15) is 5.50 Å². The van der Waals surface area contributed by atoms with Gasteiger partial charge in [0.05, 0.1) is 5.60 Å². The first-order chi connectivity index (χ1) is 4.65. The molecule has 3 nitrogen and oxygen atoms in total. The van der Waals surface area contributed by atoms with Gasteiger partial charge in [0.15, 0.2) is 0 Å². The summed E-state index contributed by atoms with van der Waals surface area (Å²) in [6, 6.07) is 0. The Hall–Kier alpha value is 0.170. The predicted octanol–water partition coefficient (Wildman–Crippen LogP) is 0.0515. The van der Waals surface area contributed by atoms with Crippen molar-refractivity contribution >= 4 is 11.6 Å². The molecule has 0 aromatic heterocycles. The summed E-state index contributed by atoms with van der Waals surface area (Å²) in [6.45, 7) is 1.10. The zero-order valence-corrected chi connectivity index (χ0v) is 6.47. The van der Waals surface area contributed by atoms with Crippen LogP contribution in [0.2, 0.25) is 0 Å². The summed E-state index contributed by atoms with van der Waals surface area (Å²) in [4.78, 5) is 0. The van der Waals surface area contributed by atoms with Gasteiger partial charge >= 0.3 is 0 Å². The Morgan fingerprint density at radius 3 is 2.30 bits per heavy atom. The average Bonchev–Trinajstić information content (AvgIpc) is 1.89. The lowest BCUT2D eigenvalue weighted by Gasteiger charge is -2.33. The minimum absolute atomic E-state index is 0.539. The highest BCUT2D eigenvalue weighted by atomic mass is 35.5. The van der Waals surface area contributed by atoms with Crippen LogP contribution in [0.25, 0.3) is 0 Å². The number of hydrogen-bond acceptors (Lipinski definition) is 3. The summed E-state index contributed by atoms with van der Waals surface area (Å²) in [7, 11) is 0. The van der Waals surface area contributed by atoms with E-state index >= 15 is 0 Å². The smallest absolute Gasteiger partial charge is 0.109 e. The number of rotatable bonds is 1. The maximum atomic E-state index is 9.61. The standard InChI is InChI=1S/C6H12ClNO2/c7-5(8)6(9)1-3-10-4-2-6/h5,9H,1-4,8H2. The molecular weight excluding hydrogens is 154 g/mol. The fraction of sp³-hybridized carbons (Fsp3) is 1.00. The first kappa shape index (κ1) is 8.27. The second-order valence-electron chi connectivity index (χ2n) is 2.62. The van der Waals surface area contributed by atoms with Crippen LogP contribution in [-0.4, -0.2) is 29.4 Å². The predicted molar refractivity (Wildman–Crippen MR) is 38.8 cm³/mol. The molecule has 0 amide bonds. The Morgan fingerprint density at radius 2 is 2.00 bits per heavy atom. The van der Waals surface area contributed by atoms with Gasteiger partial charge in [-0.3, -0.25) is 0 Å². The van der Waals surface area contributed by atoms with Gasteiger partial charge in [0.2, 0.25) is 0 Å². The van der Waals surface area contributed by atoms with E-state index in [1.165, 1.54) is 0 Å². The maximum absolute atomic E-state index is 9.61. The van der Waals surface area contributed by atoms with Crippen molar-refractivity contribution in [3.05, 3.63) is 0 Å². The minimum Gasteiger partial charge on any atom is -0.387 e. The van der Waals surface area contributed by atoms with E-state index in [-0.39, 0.29) is 0 Å². The van der Waals surface area contributed by atoms with Crippen molar-refractivity contribution in [1.82, 2.24) is 0 Å². The minimum atomic E-state index is -0.903. The lowest BCUT2D eigenvalue weighted by Crippen LogP contribution is -2.48. The maximum Gasteiger partial charge on any atom is 0.109 e. The molecule has 0 aromatic rings. The fourth-order valence-corrected chi connectivity index (χ4v) is 1.22. The topological polar surface area (TPSA) is 55.5 Å². The Kier molecular flexibility index (Phi) is 2.52. The van der Waals surface area contributed by atoms with Gasteiger partial charge in [-0.15, -0.1) is 11.6 Å². The largest absolute Gasteiger partial charge is 0.387 e. The van der Waals surface area contributed by atoms with Crippen molar-refractivity contribution in [2.24, 2.45) is 5.73 Å². The molecule has 0 radical (unpaired) electrons. The third-order valence-electron chi connectivity index (χ3n) is 1.87. The van der Waals surface area contributed by atoms with Crippen LogP contribution in [0.4, 0.5) is 0 Å². The van der Waals surface area contributed by atoms with Crippen LogP contribution in [0.15, 0.2) is 0 Å². The van der Waals surface area contributed by atoms with Gasteiger partial charge < -0.3 is 15.6 Å². The van der Waals surface area contributed by atoms with E-state index < -0.39 is 11.1 Å². The first-order valence-electron chi connectivity index (χ1n) is 3.35. The molecule has 1 heterocycles. The van der Waals surface area contributed by atoms with Gasteiger partial charge in [-0.05, 0) is 0 Å². The quantitative estimate of drug-likeness (QED) is 0.427. The fourth-order valence-electron chi connectivity index (χ4n) is 1.00. The summed E-state index contributed by atoms with van der Waals surface area (Å²) in [5.74, 6) is 0. The van der Waals surface area contributed by atoms with Gasteiger partial charge in [0, 0.05) is 26.1 Å². The molecule has 1 aliphatic heterocycles. The molecule has 3 N–H and O–H groups in total. The normalized spacial score (nSPS) is 27.9. The summed E-state index contributed by atoms with van der Waals surface area (Å²) >= 11 is 5.57. The second-order valence-corrected chi connectivity index (χ2v) is 3.09. The molecule has 0 bridgehead atoms. The number of ether oxygens (including phenoxy) is 1. The number of alkyl halides is 1. The molecule has 1 unspecified atom stereocenters. The van der Waals surface area contributed by atoms with E-state index in [0.29, 0.717) is 26.1 Å². The SMILES string of the molecule is NC(Cl)C1(O)CCOCC1. The van der Waals surface area contributed by atoms with Crippen LogP contribution >= 0.6 is 11.6 Å². The van der Waals surface area contributed by atoms with Crippen molar-refractivity contribution in [3.8, 4) is 0 Å². The van der Waals surface area contributed by atoms with Crippen molar-refractivity contribution in [1.29, 1.82) is 0 Å². The van der Waals surface area contributed by atoms with Crippen LogP contribution in [0.1, 0.15) is 12.8 Å². The van der Waals surface area contributed by atoms with E-state index in [2.05, 4.69) is 0 Å². The van der Waals surface area contributed by atoms with Crippen LogP contribution < -0.4 is 5.73 Å². The number of halogens is 1. The molecule has 1 aliphatic rings. The zero-order chi connectivity index (χ0) is 7.61. The number of aliphatic hydroxyl groups is 1. The molecule has 4 heteroatoms. The molecule has 1 atom stereocenters. The highest BCUT2D eigenvalue weighted by Gasteiger charge is 2.34. The molecule has 0 aromatic carbocycles. The second kappa shape index (κ2) is 3.05. The third-order valence-corrected chi connectivity index (χ3v) is 2.28. The van der Waals surface area contributed by atoms with Crippen LogP contribution in [0.5, 0.6) is 0 Å².